The van der Waals surface area contributed by atoms with Gasteiger partial charge in [-0.15, -0.1) is 0 Å². The molecule has 0 atom stereocenters. The van der Waals surface area contributed by atoms with Crippen LogP contribution in [0.5, 0.6) is 0 Å². The molecule has 18 heavy (non-hydrogen) atoms. The quantitative estimate of drug-likeness (QED) is 0.376. The Bertz CT molecular complexity index is 770. The fraction of sp³-hybridized carbons (Fsp3) is 0.0625. The molecule has 0 N–H and O–H groups in total. The Morgan fingerprint density at radius 2 is 1.61 bits per heavy atom. The zero-order valence-electron chi connectivity index (χ0n) is 9.76. The molecule has 0 aromatic heterocycles. The summed E-state index contributed by atoms with van der Waals surface area (Å²) in [5, 5.41) is 4.75. The van der Waals surface area contributed by atoms with Crippen LogP contribution in [0.15, 0.2) is 59.6 Å². The lowest BCUT2D eigenvalue weighted by Gasteiger charge is -2.06. The van der Waals surface area contributed by atoms with Crippen molar-refractivity contribution in [2.45, 2.75) is 6.54 Å². The van der Waals surface area contributed by atoms with Gasteiger partial charge in [-0.25, -0.2) is 9.79 Å². The molecule has 3 aromatic rings. The highest BCUT2D eigenvalue weighted by Crippen LogP contribution is 2.25. The number of hydrogen-bond acceptors (Lipinski definition) is 2. The number of benzene rings is 3. The molecular formula is C16H11NO. The molecule has 0 spiro atoms. The maximum Gasteiger partial charge on any atom is 0.235 e. The van der Waals surface area contributed by atoms with Gasteiger partial charge in [0.1, 0.15) is 0 Å². The summed E-state index contributed by atoms with van der Waals surface area (Å²) >= 11 is 0. The van der Waals surface area contributed by atoms with E-state index in [4.69, 9.17) is 0 Å². The monoisotopic (exact) mass is 233 g/mol. The first-order chi connectivity index (χ1) is 8.88. The van der Waals surface area contributed by atoms with E-state index < -0.39 is 0 Å². The van der Waals surface area contributed by atoms with E-state index in [1.165, 1.54) is 16.2 Å². The van der Waals surface area contributed by atoms with Gasteiger partial charge < -0.3 is 0 Å². The van der Waals surface area contributed by atoms with E-state index >= 15 is 0 Å². The molecular weight excluding hydrogens is 222 g/mol. The van der Waals surface area contributed by atoms with Crippen LogP contribution in [0.2, 0.25) is 0 Å². The van der Waals surface area contributed by atoms with Crippen molar-refractivity contribution in [3.05, 3.63) is 60.2 Å². The van der Waals surface area contributed by atoms with E-state index in [0.29, 0.717) is 6.54 Å². The molecule has 2 heteroatoms. The van der Waals surface area contributed by atoms with E-state index in [2.05, 4.69) is 35.3 Å². The topological polar surface area (TPSA) is 29.4 Å². The summed E-state index contributed by atoms with van der Waals surface area (Å²) in [5.41, 5.74) is 1.06. The van der Waals surface area contributed by atoms with Crippen molar-refractivity contribution < 1.29 is 4.79 Å². The van der Waals surface area contributed by atoms with E-state index in [1.54, 1.807) is 6.08 Å². The van der Waals surface area contributed by atoms with Crippen LogP contribution in [0, 0.1) is 0 Å². The molecule has 0 aliphatic rings. The minimum atomic E-state index is 0.388. The number of hydrogen-bond donors (Lipinski definition) is 0. The van der Waals surface area contributed by atoms with Gasteiger partial charge in [-0.2, -0.15) is 0 Å². The van der Waals surface area contributed by atoms with Gasteiger partial charge in [0.05, 0.1) is 6.54 Å². The van der Waals surface area contributed by atoms with E-state index in [9.17, 15) is 4.79 Å². The molecule has 0 saturated carbocycles. The first-order valence-electron chi connectivity index (χ1n) is 5.82. The lowest BCUT2D eigenvalue weighted by atomic mass is 10.00. The Morgan fingerprint density at radius 1 is 0.889 bits per heavy atom. The zero-order chi connectivity index (χ0) is 12.4. The summed E-state index contributed by atoms with van der Waals surface area (Å²) in [4.78, 5) is 13.9. The van der Waals surface area contributed by atoms with E-state index in [1.807, 2.05) is 24.3 Å². The largest absolute Gasteiger partial charge is 0.235 e. The normalized spacial score (nSPS) is 10.4. The highest BCUT2D eigenvalue weighted by Gasteiger charge is 2.02. The van der Waals surface area contributed by atoms with Crippen molar-refractivity contribution in [2.75, 3.05) is 0 Å². The van der Waals surface area contributed by atoms with Gasteiger partial charge in [0.25, 0.3) is 0 Å². The van der Waals surface area contributed by atoms with Gasteiger partial charge >= 0.3 is 0 Å². The molecule has 0 aliphatic heterocycles. The van der Waals surface area contributed by atoms with Crippen molar-refractivity contribution >= 4 is 27.6 Å². The molecule has 0 aliphatic carbocycles. The number of isocyanates is 1. The summed E-state index contributed by atoms with van der Waals surface area (Å²) in [7, 11) is 0. The second-order valence-electron chi connectivity index (χ2n) is 4.25. The smallest absolute Gasteiger partial charge is 0.211 e. The average Bonchev–Trinajstić information content (AvgIpc) is 2.43. The minimum Gasteiger partial charge on any atom is -0.211 e. The summed E-state index contributed by atoms with van der Waals surface area (Å²) < 4.78 is 0. The lowest BCUT2D eigenvalue weighted by Crippen LogP contribution is -1.85. The molecule has 0 amide bonds. The Labute approximate surface area is 105 Å². The van der Waals surface area contributed by atoms with Crippen LogP contribution in [-0.4, -0.2) is 6.08 Å². The predicted molar refractivity (Wildman–Crippen MR) is 73.3 cm³/mol. The third kappa shape index (κ3) is 1.79. The molecule has 0 heterocycles. The predicted octanol–water partition coefficient (Wildman–Crippen LogP) is 3.83. The van der Waals surface area contributed by atoms with Crippen molar-refractivity contribution in [3.63, 3.8) is 0 Å². The summed E-state index contributed by atoms with van der Waals surface area (Å²) in [6.45, 7) is 0.388. The minimum absolute atomic E-state index is 0.388. The number of nitrogens with zero attached hydrogens (tertiary/aromatic N) is 1. The first kappa shape index (κ1) is 10.7. The van der Waals surface area contributed by atoms with Gasteiger partial charge in [0, 0.05) is 0 Å². The highest BCUT2D eigenvalue weighted by atomic mass is 16.1. The number of carbonyl (C=O) groups excluding carboxylic acids is 1. The molecule has 0 fully saturated rings. The number of rotatable bonds is 2. The fourth-order valence-corrected chi connectivity index (χ4v) is 2.29. The maximum absolute atomic E-state index is 10.2. The Balaban J connectivity index is 2.32. The molecule has 2 nitrogen and oxygen atoms in total. The molecule has 0 saturated heterocycles. The van der Waals surface area contributed by atoms with Crippen LogP contribution < -0.4 is 0 Å². The lowest BCUT2D eigenvalue weighted by molar-refractivity contribution is 0.563. The molecule has 0 radical (unpaired) electrons. The van der Waals surface area contributed by atoms with E-state index in [-0.39, 0.29) is 0 Å². The third-order valence-electron chi connectivity index (χ3n) is 3.15. The Kier molecular flexibility index (Phi) is 2.64. The summed E-state index contributed by atoms with van der Waals surface area (Å²) in [6.07, 6.45) is 1.59. The SMILES string of the molecule is O=C=NCc1cccc2cc3ccccc3cc12. The van der Waals surface area contributed by atoms with Crippen LogP contribution in [0.3, 0.4) is 0 Å². The average molecular weight is 233 g/mol. The van der Waals surface area contributed by atoms with Crippen LogP contribution >= 0.6 is 0 Å². The van der Waals surface area contributed by atoms with E-state index in [0.717, 1.165) is 10.9 Å². The molecule has 86 valence electrons. The van der Waals surface area contributed by atoms with Crippen molar-refractivity contribution in [2.24, 2.45) is 4.99 Å². The van der Waals surface area contributed by atoms with Crippen molar-refractivity contribution in [1.82, 2.24) is 0 Å². The second-order valence-corrected chi connectivity index (χ2v) is 4.25. The van der Waals surface area contributed by atoms with Crippen LogP contribution in [0.4, 0.5) is 0 Å². The molecule has 0 bridgehead atoms. The number of fused-ring (bicyclic) bond motifs is 2. The van der Waals surface area contributed by atoms with Crippen molar-refractivity contribution in [3.8, 4) is 0 Å². The Morgan fingerprint density at radius 3 is 2.39 bits per heavy atom. The molecule has 3 rings (SSSR count). The van der Waals surface area contributed by atoms with Gasteiger partial charge in [0.15, 0.2) is 0 Å². The van der Waals surface area contributed by atoms with Crippen molar-refractivity contribution in [1.29, 1.82) is 0 Å². The van der Waals surface area contributed by atoms with Gasteiger partial charge in [-0.1, -0.05) is 42.5 Å². The van der Waals surface area contributed by atoms with Crippen LogP contribution in [0.1, 0.15) is 5.56 Å². The van der Waals surface area contributed by atoms with Crippen LogP contribution in [-0.2, 0) is 11.3 Å². The first-order valence-corrected chi connectivity index (χ1v) is 5.82. The second kappa shape index (κ2) is 4.44. The summed E-state index contributed by atoms with van der Waals surface area (Å²) in [5.74, 6) is 0. The highest BCUT2D eigenvalue weighted by molar-refractivity contribution is 5.99. The zero-order valence-corrected chi connectivity index (χ0v) is 9.76. The standard InChI is InChI=1S/C16H11NO/c18-11-17-10-15-7-3-6-14-8-12-4-1-2-5-13(12)9-16(14)15/h1-9H,10H2. The molecule has 0 unspecified atom stereocenters. The summed E-state index contributed by atoms with van der Waals surface area (Å²) in [6, 6.07) is 18.6. The Hall–Kier alpha value is -2.44. The third-order valence-corrected chi connectivity index (χ3v) is 3.15. The van der Waals surface area contributed by atoms with Gasteiger partial charge in [-0.3, -0.25) is 0 Å². The van der Waals surface area contributed by atoms with Crippen LogP contribution in [0.25, 0.3) is 21.5 Å². The fourth-order valence-electron chi connectivity index (χ4n) is 2.29. The van der Waals surface area contributed by atoms with Gasteiger partial charge in [-0.05, 0) is 39.2 Å². The number of aliphatic imine (C=N–C) groups is 1. The molecule has 3 aromatic carbocycles. The van der Waals surface area contributed by atoms with Gasteiger partial charge in [0.2, 0.25) is 6.08 Å². The maximum atomic E-state index is 10.2.